The summed E-state index contributed by atoms with van der Waals surface area (Å²) in [6.07, 6.45) is 3.51. The number of likely N-dealkylation sites (tertiary alicyclic amines) is 1. The van der Waals surface area contributed by atoms with Crippen molar-refractivity contribution < 1.29 is 9.59 Å². The van der Waals surface area contributed by atoms with Crippen LogP contribution in [0.15, 0.2) is 30.3 Å². The Labute approximate surface area is 138 Å². The zero-order chi connectivity index (χ0) is 16.7. The van der Waals surface area contributed by atoms with Crippen LogP contribution in [0.2, 0.25) is 0 Å². The lowest BCUT2D eigenvalue weighted by molar-refractivity contribution is -0.136. The number of carbonyl (C=O) groups is 2. The predicted molar refractivity (Wildman–Crippen MR) is 90.6 cm³/mol. The van der Waals surface area contributed by atoms with Crippen molar-refractivity contribution in [3.05, 3.63) is 35.9 Å². The molecule has 1 atom stereocenters. The van der Waals surface area contributed by atoms with Crippen molar-refractivity contribution in [2.24, 2.45) is 11.7 Å². The maximum atomic E-state index is 12.5. The van der Waals surface area contributed by atoms with Gasteiger partial charge in [-0.2, -0.15) is 0 Å². The number of nitrogens with zero attached hydrogens (tertiary/aromatic N) is 1. The lowest BCUT2D eigenvalue weighted by Gasteiger charge is -2.33. The molecule has 3 N–H and O–H groups in total. The van der Waals surface area contributed by atoms with Gasteiger partial charge in [0.25, 0.3) is 0 Å². The number of amides is 2. The largest absolute Gasteiger partial charge is 0.356 e. The predicted octanol–water partition coefficient (Wildman–Crippen LogP) is 1.84. The fourth-order valence-corrected chi connectivity index (χ4v) is 2.89. The first kappa shape index (κ1) is 17.5. The van der Waals surface area contributed by atoms with Gasteiger partial charge in [0, 0.05) is 25.6 Å². The normalized spacial score (nSPS) is 16.9. The Kier molecular flexibility index (Phi) is 6.59. The molecule has 1 saturated heterocycles. The van der Waals surface area contributed by atoms with Crippen molar-refractivity contribution in [2.75, 3.05) is 19.6 Å². The van der Waals surface area contributed by atoms with E-state index in [9.17, 15) is 9.59 Å². The first-order valence-electron chi connectivity index (χ1n) is 8.50. The molecule has 5 nitrogen and oxygen atoms in total. The molecule has 1 fully saturated rings. The number of rotatable bonds is 6. The second-order valence-corrected chi connectivity index (χ2v) is 6.13. The smallest absolute Gasteiger partial charge is 0.244 e. The minimum Gasteiger partial charge on any atom is -0.356 e. The topological polar surface area (TPSA) is 75.4 Å². The summed E-state index contributed by atoms with van der Waals surface area (Å²) in [6.45, 7) is 4.05. The maximum absolute atomic E-state index is 12.5. The van der Waals surface area contributed by atoms with Gasteiger partial charge >= 0.3 is 0 Å². The van der Waals surface area contributed by atoms with Crippen molar-refractivity contribution in [3.63, 3.8) is 0 Å². The van der Waals surface area contributed by atoms with Crippen LogP contribution in [0.5, 0.6) is 0 Å². The van der Waals surface area contributed by atoms with E-state index in [1.54, 1.807) is 4.90 Å². The molecule has 1 aliphatic heterocycles. The van der Waals surface area contributed by atoms with Gasteiger partial charge in [-0.05, 0) is 24.8 Å². The number of carbonyl (C=O) groups excluding carboxylic acids is 2. The van der Waals surface area contributed by atoms with Crippen LogP contribution in [0.25, 0.3) is 0 Å². The molecule has 0 bridgehead atoms. The molecule has 1 heterocycles. The summed E-state index contributed by atoms with van der Waals surface area (Å²) in [7, 11) is 0. The summed E-state index contributed by atoms with van der Waals surface area (Å²) < 4.78 is 0. The van der Waals surface area contributed by atoms with Crippen molar-refractivity contribution in [2.45, 2.75) is 38.6 Å². The molecule has 23 heavy (non-hydrogen) atoms. The first-order valence-corrected chi connectivity index (χ1v) is 8.50. The molecule has 0 spiro atoms. The van der Waals surface area contributed by atoms with Crippen LogP contribution < -0.4 is 11.1 Å². The Hall–Kier alpha value is -1.88. The second-order valence-electron chi connectivity index (χ2n) is 6.13. The zero-order valence-corrected chi connectivity index (χ0v) is 13.8. The first-order chi connectivity index (χ1) is 11.1. The van der Waals surface area contributed by atoms with E-state index in [1.165, 1.54) is 0 Å². The highest BCUT2D eigenvalue weighted by atomic mass is 16.2. The molecule has 0 saturated carbocycles. The van der Waals surface area contributed by atoms with Crippen LogP contribution in [0.3, 0.4) is 0 Å². The van der Waals surface area contributed by atoms with Gasteiger partial charge < -0.3 is 16.0 Å². The molecular weight excluding hydrogens is 290 g/mol. The third kappa shape index (κ3) is 4.79. The van der Waals surface area contributed by atoms with E-state index in [4.69, 9.17) is 5.73 Å². The van der Waals surface area contributed by atoms with Crippen LogP contribution in [0.4, 0.5) is 0 Å². The van der Waals surface area contributed by atoms with Crippen LogP contribution >= 0.6 is 0 Å². The average molecular weight is 317 g/mol. The van der Waals surface area contributed by atoms with Gasteiger partial charge in [0.1, 0.15) is 6.04 Å². The Balaban J connectivity index is 1.82. The summed E-state index contributed by atoms with van der Waals surface area (Å²) in [5.41, 5.74) is 6.90. The van der Waals surface area contributed by atoms with Gasteiger partial charge in [0.15, 0.2) is 0 Å². The summed E-state index contributed by atoms with van der Waals surface area (Å²) in [6, 6.07) is 8.80. The van der Waals surface area contributed by atoms with Crippen LogP contribution in [-0.2, 0) is 9.59 Å². The lowest BCUT2D eigenvalue weighted by atomic mass is 9.95. The fraction of sp³-hybridized carbons (Fsp3) is 0.556. The lowest BCUT2D eigenvalue weighted by Crippen LogP contribution is -2.46. The molecule has 2 rings (SSSR count). The number of benzene rings is 1. The van der Waals surface area contributed by atoms with Crippen LogP contribution in [0.1, 0.15) is 44.2 Å². The van der Waals surface area contributed by atoms with E-state index in [-0.39, 0.29) is 17.7 Å². The number of piperidine rings is 1. The third-order valence-electron chi connectivity index (χ3n) is 4.43. The molecule has 1 aliphatic rings. The summed E-state index contributed by atoms with van der Waals surface area (Å²) >= 11 is 0. The van der Waals surface area contributed by atoms with Gasteiger partial charge in [-0.3, -0.25) is 9.59 Å². The minimum atomic E-state index is -0.619. The maximum Gasteiger partial charge on any atom is 0.244 e. The highest BCUT2D eigenvalue weighted by Crippen LogP contribution is 2.21. The Bertz CT molecular complexity index is 510. The molecule has 0 aromatic heterocycles. The third-order valence-corrected chi connectivity index (χ3v) is 4.43. The monoisotopic (exact) mass is 317 g/mol. The van der Waals surface area contributed by atoms with E-state index in [1.807, 2.05) is 30.3 Å². The molecule has 126 valence electrons. The Morgan fingerprint density at radius 2 is 1.91 bits per heavy atom. The number of hydrogen-bond donors (Lipinski definition) is 2. The highest BCUT2D eigenvalue weighted by Gasteiger charge is 2.29. The molecule has 2 amide bonds. The summed E-state index contributed by atoms with van der Waals surface area (Å²) in [4.78, 5) is 26.3. The van der Waals surface area contributed by atoms with Crippen molar-refractivity contribution in [1.29, 1.82) is 0 Å². The number of hydrogen-bond acceptors (Lipinski definition) is 3. The highest BCUT2D eigenvalue weighted by molar-refractivity contribution is 5.84. The number of nitrogens with one attached hydrogen (secondary N) is 1. The van der Waals surface area contributed by atoms with Gasteiger partial charge in [-0.15, -0.1) is 0 Å². The van der Waals surface area contributed by atoms with Crippen molar-refractivity contribution in [3.8, 4) is 0 Å². The SMILES string of the molecule is CCCCNC(=O)C1CCN(C(=O)C(N)c2ccccc2)CC1. The fourth-order valence-electron chi connectivity index (χ4n) is 2.89. The molecule has 0 aliphatic carbocycles. The Morgan fingerprint density at radius 1 is 1.26 bits per heavy atom. The van der Waals surface area contributed by atoms with Gasteiger partial charge in [-0.25, -0.2) is 0 Å². The van der Waals surface area contributed by atoms with E-state index in [2.05, 4.69) is 12.2 Å². The van der Waals surface area contributed by atoms with E-state index in [0.717, 1.165) is 24.9 Å². The molecular formula is C18H27N3O2. The second kappa shape index (κ2) is 8.67. The number of unbranched alkanes of at least 4 members (excludes halogenated alkanes) is 1. The Morgan fingerprint density at radius 3 is 2.52 bits per heavy atom. The van der Waals surface area contributed by atoms with E-state index < -0.39 is 6.04 Å². The molecule has 5 heteroatoms. The van der Waals surface area contributed by atoms with Crippen molar-refractivity contribution >= 4 is 11.8 Å². The summed E-state index contributed by atoms with van der Waals surface area (Å²) in [5.74, 6) is 0.0859. The van der Waals surface area contributed by atoms with E-state index >= 15 is 0 Å². The standard InChI is InChI=1S/C18H27N3O2/c1-2-3-11-20-17(22)15-9-12-21(13-10-15)18(23)16(19)14-7-5-4-6-8-14/h4-8,15-16H,2-3,9-13,19H2,1H3,(H,20,22). The van der Waals surface area contributed by atoms with Gasteiger partial charge in [0.05, 0.1) is 0 Å². The molecule has 1 unspecified atom stereocenters. The van der Waals surface area contributed by atoms with Gasteiger partial charge in [0.2, 0.25) is 11.8 Å². The average Bonchev–Trinajstić information content (AvgIpc) is 2.61. The minimum absolute atomic E-state index is 0.0175. The number of nitrogens with two attached hydrogens (primary N) is 1. The van der Waals surface area contributed by atoms with Gasteiger partial charge in [-0.1, -0.05) is 43.7 Å². The summed E-state index contributed by atoms with van der Waals surface area (Å²) in [5, 5.41) is 2.98. The zero-order valence-electron chi connectivity index (χ0n) is 13.8. The molecule has 0 radical (unpaired) electrons. The van der Waals surface area contributed by atoms with Crippen LogP contribution in [-0.4, -0.2) is 36.3 Å². The molecule has 1 aromatic rings. The van der Waals surface area contributed by atoms with Crippen molar-refractivity contribution in [1.82, 2.24) is 10.2 Å². The van der Waals surface area contributed by atoms with Crippen LogP contribution in [0, 0.1) is 5.92 Å². The van der Waals surface area contributed by atoms with E-state index in [0.29, 0.717) is 25.9 Å². The molecule has 1 aromatic carbocycles. The quantitative estimate of drug-likeness (QED) is 0.786.